The number of nitrogens with zero attached hydrogens (tertiary/aromatic N) is 3. The first kappa shape index (κ1) is 18.2. The fourth-order valence-electron chi connectivity index (χ4n) is 6.02. The number of esters is 1. The number of ether oxygens (including phenoxy) is 1. The van der Waals surface area contributed by atoms with Gasteiger partial charge in [-0.05, 0) is 80.0 Å². The number of carbonyl (C=O) groups excluding carboxylic acids is 1. The lowest BCUT2D eigenvalue weighted by Gasteiger charge is -2.61. The largest absolute Gasteiger partial charge is 0.466 e. The van der Waals surface area contributed by atoms with Crippen LogP contribution in [0, 0.1) is 29.6 Å². The molecule has 2 bridgehead atoms. The zero-order valence-corrected chi connectivity index (χ0v) is 16.6. The smallest absolute Gasteiger partial charge is 0.311 e. The Morgan fingerprint density at radius 1 is 1.25 bits per heavy atom. The van der Waals surface area contributed by atoms with E-state index < -0.39 is 0 Å². The molecule has 0 amide bonds. The molecule has 0 saturated heterocycles. The van der Waals surface area contributed by atoms with Crippen LogP contribution in [0.2, 0.25) is 5.28 Å². The van der Waals surface area contributed by atoms with Gasteiger partial charge in [-0.3, -0.25) is 4.79 Å². The highest BCUT2D eigenvalue weighted by Crippen LogP contribution is 2.60. The summed E-state index contributed by atoms with van der Waals surface area (Å²) in [5, 5.41) is 17.4. The van der Waals surface area contributed by atoms with Crippen molar-refractivity contribution in [2.75, 3.05) is 11.9 Å². The molecule has 150 valence electrons. The van der Waals surface area contributed by atoms with E-state index in [2.05, 4.69) is 15.4 Å². The normalized spacial score (nSPS) is 33.4. The topological polar surface area (TPSA) is 88.8 Å². The molecule has 2 unspecified atom stereocenters. The Hall–Kier alpha value is -1.86. The maximum atomic E-state index is 12.9. The number of fused-ring (bicyclic) bond motifs is 3. The molecule has 7 nitrogen and oxygen atoms in total. The molecular weight excluding hydrogens is 380 g/mol. The van der Waals surface area contributed by atoms with E-state index in [1.807, 2.05) is 19.1 Å². The van der Waals surface area contributed by atoms with Crippen LogP contribution < -0.4 is 5.32 Å². The van der Waals surface area contributed by atoms with Crippen molar-refractivity contribution in [3.63, 3.8) is 0 Å². The third kappa shape index (κ3) is 2.63. The Morgan fingerprint density at radius 3 is 2.68 bits per heavy atom. The predicted octanol–water partition coefficient (Wildman–Crippen LogP) is 2.90. The third-order valence-electron chi connectivity index (χ3n) is 7.21. The fourth-order valence-corrected chi connectivity index (χ4v) is 6.18. The highest BCUT2D eigenvalue weighted by atomic mass is 35.5. The minimum atomic E-state index is -0.152. The molecule has 28 heavy (non-hydrogen) atoms. The first-order chi connectivity index (χ1) is 13.6. The Kier molecular flexibility index (Phi) is 4.47. The number of aliphatic hydroxyl groups excluding tert-OH is 1. The van der Waals surface area contributed by atoms with Crippen molar-refractivity contribution >= 4 is 28.9 Å². The van der Waals surface area contributed by atoms with Gasteiger partial charge in [-0.25, -0.2) is 4.52 Å². The number of aliphatic hydroxyl groups is 1. The number of hydrogen-bond acceptors (Lipinski definition) is 6. The van der Waals surface area contributed by atoms with E-state index >= 15 is 0 Å². The second kappa shape index (κ2) is 6.88. The molecule has 4 aliphatic rings. The molecule has 8 heteroatoms. The number of carbonyl (C=O) groups is 1. The van der Waals surface area contributed by atoms with Crippen molar-refractivity contribution in [2.45, 2.75) is 45.3 Å². The number of hydrogen-bond donors (Lipinski definition) is 2. The molecule has 0 aliphatic heterocycles. The summed E-state index contributed by atoms with van der Waals surface area (Å²) in [5.41, 5.74) is 1.40. The average Bonchev–Trinajstić information content (AvgIpc) is 3.05. The second-order valence-corrected chi connectivity index (χ2v) is 8.61. The van der Waals surface area contributed by atoms with Gasteiger partial charge in [0.05, 0.1) is 24.8 Å². The minimum Gasteiger partial charge on any atom is -0.466 e. The summed E-state index contributed by atoms with van der Waals surface area (Å²) in [5.74, 6) is 2.54. The van der Waals surface area contributed by atoms with Crippen LogP contribution in [0.5, 0.6) is 0 Å². The van der Waals surface area contributed by atoms with E-state index in [0.717, 1.165) is 18.4 Å². The van der Waals surface area contributed by atoms with Gasteiger partial charge in [0.15, 0.2) is 5.82 Å². The lowest BCUT2D eigenvalue weighted by molar-refractivity contribution is -0.166. The van der Waals surface area contributed by atoms with Crippen LogP contribution in [0.15, 0.2) is 12.1 Å². The van der Waals surface area contributed by atoms with E-state index in [1.165, 1.54) is 12.8 Å². The molecule has 4 fully saturated rings. The molecule has 4 aliphatic carbocycles. The number of halogens is 1. The van der Waals surface area contributed by atoms with Crippen molar-refractivity contribution in [2.24, 2.45) is 29.6 Å². The summed E-state index contributed by atoms with van der Waals surface area (Å²) in [6.45, 7) is 2.12. The van der Waals surface area contributed by atoms with Gasteiger partial charge >= 0.3 is 5.97 Å². The maximum Gasteiger partial charge on any atom is 0.311 e. The summed E-state index contributed by atoms with van der Waals surface area (Å²) >= 11 is 6.16. The molecule has 0 aromatic carbocycles. The van der Waals surface area contributed by atoms with Crippen molar-refractivity contribution < 1.29 is 14.6 Å². The van der Waals surface area contributed by atoms with E-state index in [-0.39, 0.29) is 29.8 Å². The van der Waals surface area contributed by atoms with Crippen molar-refractivity contribution in [1.29, 1.82) is 0 Å². The molecule has 6 rings (SSSR count). The highest BCUT2D eigenvalue weighted by molar-refractivity contribution is 6.28. The lowest BCUT2D eigenvalue weighted by atomic mass is 9.46. The number of anilines is 1. The SMILES string of the molecule is CCOC(=O)[C@@H]1[C@@H](Nc2nc(Cl)nn3c(CO)ccc23)[C@@H]2CC[C@H]1C1CCC12. The summed E-state index contributed by atoms with van der Waals surface area (Å²) in [4.78, 5) is 17.3. The Bertz CT molecular complexity index is 916. The quantitative estimate of drug-likeness (QED) is 0.745. The van der Waals surface area contributed by atoms with Gasteiger partial charge in [0.2, 0.25) is 5.28 Å². The predicted molar refractivity (Wildman–Crippen MR) is 104 cm³/mol. The summed E-state index contributed by atoms with van der Waals surface area (Å²) in [7, 11) is 0. The fraction of sp³-hybridized carbons (Fsp3) is 0.650. The van der Waals surface area contributed by atoms with Crippen LogP contribution >= 0.6 is 11.6 Å². The van der Waals surface area contributed by atoms with Crippen LogP contribution in [0.4, 0.5) is 5.82 Å². The van der Waals surface area contributed by atoms with Crippen LogP contribution in [0.25, 0.3) is 5.52 Å². The molecule has 6 atom stereocenters. The molecule has 2 aromatic rings. The van der Waals surface area contributed by atoms with E-state index in [9.17, 15) is 9.90 Å². The first-order valence-corrected chi connectivity index (χ1v) is 10.6. The van der Waals surface area contributed by atoms with Gasteiger partial charge in [0, 0.05) is 6.04 Å². The van der Waals surface area contributed by atoms with Gasteiger partial charge < -0.3 is 15.2 Å². The lowest BCUT2D eigenvalue weighted by Crippen LogP contribution is -2.62. The van der Waals surface area contributed by atoms with Gasteiger partial charge in [-0.2, -0.15) is 4.98 Å². The summed E-state index contributed by atoms with van der Waals surface area (Å²) < 4.78 is 7.08. The van der Waals surface area contributed by atoms with Gasteiger partial charge in [-0.15, -0.1) is 5.10 Å². The highest BCUT2D eigenvalue weighted by Gasteiger charge is 2.59. The monoisotopic (exact) mass is 404 g/mol. The number of nitrogens with one attached hydrogen (secondary N) is 1. The molecule has 0 radical (unpaired) electrons. The van der Waals surface area contributed by atoms with Crippen LogP contribution in [0.3, 0.4) is 0 Å². The Labute approximate surface area is 168 Å². The Balaban J connectivity index is 1.53. The molecule has 0 spiro atoms. The van der Waals surface area contributed by atoms with E-state index in [0.29, 0.717) is 41.8 Å². The zero-order valence-electron chi connectivity index (χ0n) is 15.8. The second-order valence-electron chi connectivity index (χ2n) is 8.27. The van der Waals surface area contributed by atoms with Crippen LogP contribution in [-0.2, 0) is 16.1 Å². The number of aromatic nitrogens is 3. The van der Waals surface area contributed by atoms with Gasteiger partial charge in [0.25, 0.3) is 0 Å². The van der Waals surface area contributed by atoms with Crippen LogP contribution in [-0.4, -0.2) is 38.3 Å². The van der Waals surface area contributed by atoms with Gasteiger partial charge in [-0.1, -0.05) is 0 Å². The van der Waals surface area contributed by atoms with Crippen molar-refractivity contribution in [3.8, 4) is 0 Å². The minimum absolute atomic E-state index is 0.0124. The Morgan fingerprint density at radius 2 is 1.96 bits per heavy atom. The van der Waals surface area contributed by atoms with Crippen LogP contribution in [0.1, 0.15) is 38.3 Å². The van der Waals surface area contributed by atoms with E-state index in [1.54, 1.807) is 4.52 Å². The first-order valence-electron chi connectivity index (χ1n) is 10.2. The maximum absolute atomic E-state index is 12.9. The molecular formula is C20H25ClN4O3. The summed E-state index contributed by atoms with van der Waals surface area (Å²) in [6.07, 6.45) is 4.72. The van der Waals surface area contributed by atoms with E-state index in [4.69, 9.17) is 16.3 Å². The standard InChI is InChI=1S/C20H25ClN4O3/c1-2-28-19(27)16-13-6-7-14(12-5-4-11(12)13)17(16)22-18-15-8-3-10(9-26)25(15)24-20(21)23-18/h3,8,11-14,16-17,26H,2,4-7,9H2,1H3,(H,22,23,24)/t11?,12?,13-,14+,16-,17-/m0/s1. The molecule has 2 heterocycles. The molecule has 2 N–H and O–H groups in total. The van der Waals surface area contributed by atoms with Crippen molar-refractivity contribution in [1.82, 2.24) is 14.6 Å². The zero-order chi connectivity index (χ0) is 19.4. The molecule has 4 saturated carbocycles. The summed E-state index contributed by atoms with van der Waals surface area (Å²) in [6, 6.07) is 3.67. The third-order valence-corrected chi connectivity index (χ3v) is 7.37. The number of rotatable bonds is 5. The van der Waals surface area contributed by atoms with Crippen molar-refractivity contribution in [3.05, 3.63) is 23.1 Å². The van der Waals surface area contributed by atoms with Gasteiger partial charge in [0.1, 0.15) is 5.52 Å². The molecule has 2 aromatic heterocycles. The average molecular weight is 405 g/mol.